The maximum Gasteiger partial charge on any atom is 0.410 e. The summed E-state index contributed by atoms with van der Waals surface area (Å²) in [5, 5.41) is 0.652. The van der Waals surface area contributed by atoms with Crippen LogP contribution in [-0.2, 0) is 11.2 Å². The second-order valence-corrected chi connectivity index (χ2v) is 13.1. The molecule has 1 aromatic carbocycles. The summed E-state index contributed by atoms with van der Waals surface area (Å²) >= 11 is 6.35. The van der Waals surface area contributed by atoms with E-state index in [1.54, 1.807) is 6.07 Å². The summed E-state index contributed by atoms with van der Waals surface area (Å²) in [6.07, 6.45) is 3.17. The Balaban J connectivity index is 1.37. The Morgan fingerprint density at radius 2 is 2.05 bits per heavy atom. The van der Waals surface area contributed by atoms with Crippen molar-refractivity contribution >= 4 is 34.4 Å². The molecule has 0 aliphatic carbocycles. The van der Waals surface area contributed by atoms with Crippen molar-refractivity contribution < 1.29 is 23.0 Å². The largest absolute Gasteiger partial charge is 0.461 e. The summed E-state index contributed by atoms with van der Waals surface area (Å²) in [4.78, 5) is 28.7. The van der Waals surface area contributed by atoms with E-state index < -0.39 is 17.6 Å². The fraction of sp³-hybridized carbons (Fsp3) is 0.690. The van der Waals surface area contributed by atoms with E-state index in [1.807, 2.05) is 25.7 Å². The van der Waals surface area contributed by atoms with Gasteiger partial charge in [-0.1, -0.05) is 18.5 Å². The van der Waals surface area contributed by atoms with Crippen LogP contribution in [0.3, 0.4) is 0 Å². The summed E-state index contributed by atoms with van der Waals surface area (Å²) < 4.78 is 41.8. The zero-order chi connectivity index (χ0) is 28.4. The van der Waals surface area contributed by atoms with E-state index in [0.29, 0.717) is 43.7 Å². The van der Waals surface area contributed by atoms with Crippen LogP contribution in [-0.4, -0.2) is 88.0 Å². The van der Waals surface area contributed by atoms with Gasteiger partial charge in [0.1, 0.15) is 29.7 Å². The number of halogens is 3. The molecule has 3 saturated heterocycles. The fourth-order valence-corrected chi connectivity index (χ4v) is 7.54. The number of aryl methyl sites for hydroxylation is 1. The monoisotopic (exact) mass is 577 g/mol. The Morgan fingerprint density at radius 1 is 1.25 bits per heavy atom. The molecule has 0 spiro atoms. The summed E-state index contributed by atoms with van der Waals surface area (Å²) in [6.45, 7) is 10.1. The summed E-state index contributed by atoms with van der Waals surface area (Å²) in [7, 11) is 0. The van der Waals surface area contributed by atoms with E-state index in [0.717, 1.165) is 37.8 Å². The van der Waals surface area contributed by atoms with Crippen molar-refractivity contribution in [1.82, 2.24) is 19.8 Å². The third-order valence-electron chi connectivity index (χ3n) is 8.99. The number of benzene rings is 1. The van der Waals surface area contributed by atoms with Gasteiger partial charge in [-0.25, -0.2) is 13.6 Å². The van der Waals surface area contributed by atoms with Gasteiger partial charge in [-0.15, -0.1) is 0 Å². The van der Waals surface area contributed by atoms with Crippen molar-refractivity contribution in [2.75, 3.05) is 37.7 Å². The summed E-state index contributed by atoms with van der Waals surface area (Å²) in [5.41, 5.74) is 0.0502. The molecule has 1 amide bonds. The topological polar surface area (TPSA) is 71.0 Å². The number of nitrogens with zero attached hydrogens (tertiary/aromatic N) is 5. The number of aromatic nitrogens is 2. The van der Waals surface area contributed by atoms with Gasteiger partial charge < -0.3 is 19.3 Å². The van der Waals surface area contributed by atoms with Crippen LogP contribution in [0.5, 0.6) is 6.01 Å². The molecule has 4 aliphatic heterocycles. The van der Waals surface area contributed by atoms with Gasteiger partial charge in [0.25, 0.3) is 0 Å². The third kappa shape index (κ3) is 4.74. The number of ether oxygens (including phenoxy) is 2. The molecule has 6 rings (SSSR count). The Bertz CT molecular complexity index is 1320. The van der Waals surface area contributed by atoms with Crippen molar-refractivity contribution in [2.45, 2.75) is 95.6 Å². The molecule has 218 valence electrons. The number of amides is 1. The maximum atomic E-state index is 15.5. The van der Waals surface area contributed by atoms with Gasteiger partial charge in [-0.05, 0) is 71.0 Å². The Morgan fingerprint density at radius 3 is 2.80 bits per heavy atom. The Labute approximate surface area is 238 Å². The predicted molar refractivity (Wildman–Crippen MR) is 150 cm³/mol. The number of carbonyl (C=O) groups is 1. The van der Waals surface area contributed by atoms with Gasteiger partial charge in [0.05, 0.1) is 22.6 Å². The molecule has 8 nitrogen and oxygen atoms in total. The third-order valence-corrected chi connectivity index (χ3v) is 9.27. The predicted octanol–water partition coefficient (Wildman–Crippen LogP) is 5.53. The molecule has 4 atom stereocenters. The molecular weight excluding hydrogens is 540 g/mol. The highest BCUT2D eigenvalue weighted by atomic mass is 35.5. The second kappa shape index (κ2) is 10.1. The van der Waals surface area contributed by atoms with Gasteiger partial charge >= 0.3 is 12.1 Å². The first-order valence-corrected chi connectivity index (χ1v) is 14.8. The number of hydrogen-bond acceptors (Lipinski definition) is 7. The SMILES string of the molecule is CC[C@H]1[C@H]2CCc3cc(Cl)c(F)c4nc(OC[C@@]56CCCN5C[C@H](F)C6)nc(c34)N2CCN1C(=O)OC(C)(C)C. The Kier molecular flexibility index (Phi) is 7.01. The van der Waals surface area contributed by atoms with Crippen LogP contribution < -0.4 is 9.64 Å². The fourth-order valence-electron chi connectivity index (χ4n) is 7.32. The molecule has 0 bridgehead atoms. The average Bonchev–Trinajstić information content (AvgIpc) is 3.36. The van der Waals surface area contributed by atoms with Crippen molar-refractivity contribution in [2.24, 2.45) is 0 Å². The lowest BCUT2D eigenvalue weighted by Crippen LogP contribution is -2.61. The molecule has 0 unspecified atom stereocenters. The molecule has 0 radical (unpaired) electrons. The maximum absolute atomic E-state index is 15.5. The summed E-state index contributed by atoms with van der Waals surface area (Å²) in [6, 6.07) is 1.57. The van der Waals surface area contributed by atoms with Crippen molar-refractivity contribution in [3.63, 3.8) is 0 Å². The minimum atomic E-state index is -0.877. The summed E-state index contributed by atoms with van der Waals surface area (Å²) in [5.74, 6) is 0.00284. The van der Waals surface area contributed by atoms with Crippen molar-refractivity contribution in [3.8, 4) is 6.01 Å². The first-order chi connectivity index (χ1) is 19.0. The molecule has 1 aromatic heterocycles. The minimum Gasteiger partial charge on any atom is -0.461 e. The van der Waals surface area contributed by atoms with Gasteiger partial charge in [-0.3, -0.25) is 4.90 Å². The lowest BCUT2D eigenvalue weighted by atomic mass is 9.94. The number of hydrogen-bond donors (Lipinski definition) is 0. The number of piperazine rings is 1. The van der Waals surface area contributed by atoms with Crippen molar-refractivity contribution in [1.29, 1.82) is 0 Å². The first kappa shape index (κ1) is 27.7. The van der Waals surface area contributed by atoms with Gasteiger partial charge in [0.2, 0.25) is 0 Å². The van der Waals surface area contributed by atoms with Crippen LogP contribution in [0.15, 0.2) is 6.07 Å². The van der Waals surface area contributed by atoms with E-state index in [9.17, 15) is 9.18 Å². The smallest absolute Gasteiger partial charge is 0.410 e. The molecule has 40 heavy (non-hydrogen) atoms. The standard InChI is InChI=1S/C29H38ClF2N5O3/c1-5-20-21-8-7-17-13-19(30)23(32)24-22(17)25(36(21)11-12-37(20)27(38)40-28(2,3)4)34-26(33-24)39-16-29-9-6-10-35(29)15-18(31)14-29/h13,18,20-21H,5-12,14-16H2,1-4H3/t18-,20+,21-,29+/m1/s1. The molecule has 11 heteroatoms. The average molecular weight is 578 g/mol. The van der Waals surface area contributed by atoms with Crippen LogP contribution in [0.25, 0.3) is 10.9 Å². The van der Waals surface area contributed by atoms with Gasteiger partial charge in [-0.2, -0.15) is 9.97 Å². The first-order valence-electron chi connectivity index (χ1n) is 14.5. The van der Waals surface area contributed by atoms with E-state index in [2.05, 4.69) is 21.7 Å². The number of anilines is 1. The Hall–Kier alpha value is -2.46. The number of alkyl halides is 1. The van der Waals surface area contributed by atoms with Crippen LogP contribution >= 0.6 is 11.6 Å². The molecule has 0 N–H and O–H groups in total. The van der Waals surface area contributed by atoms with E-state index in [4.69, 9.17) is 26.1 Å². The van der Waals surface area contributed by atoms with E-state index in [-0.39, 0.29) is 46.9 Å². The minimum absolute atomic E-state index is 0.0111. The zero-order valence-electron chi connectivity index (χ0n) is 23.7. The molecule has 0 saturated carbocycles. The highest BCUT2D eigenvalue weighted by molar-refractivity contribution is 6.31. The molecule has 2 aromatic rings. The molecule has 3 fully saturated rings. The van der Waals surface area contributed by atoms with Crippen molar-refractivity contribution in [3.05, 3.63) is 22.5 Å². The van der Waals surface area contributed by atoms with Crippen LogP contribution in [0, 0.1) is 5.82 Å². The molecule has 5 heterocycles. The van der Waals surface area contributed by atoms with E-state index in [1.165, 1.54) is 0 Å². The van der Waals surface area contributed by atoms with E-state index >= 15 is 4.39 Å². The lowest BCUT2D eigenvalue weighted by molar-refractivity contribution is 0.00801. The number of fused-ring (bicyclic) bond motifs is 3. The van der Waals surface area contributed by atoms with Crippen LogP contribution in [0.2, 0.25) is 5.02 Å². The number of carbonyl (C=O) groups excluding carboxylic acids is 1. The lowest BCUT2D eigenvalue weighted by Gasteiger charge is -2.47. The zero-order valence-corrected chi connectivity index (χ0v) is 24.4. The van der Waals surface area contributed by atoms with Crippen LogP contribution in [0.4, 0.5) is 19.4 Å². The normalized spacial score (nSPS) is 28.4. The van der Waals surface area contributed by atoms with Gasteiger partial charge in [0, 0.05) is 31.4 Å². The second-order valence-electron chi connectivity index (χ2n) is 12.7. The molecular formula is C29H38ClF2N5O3. The highest BCUT2D eigenvalue weighted by Crippen LogP contribution is 2.43. The van der Waals surface area contributed by atoms with Crippen LogP contribution in [0.1, 0.15) is 65.4 Å². The molecule has 4 aliphatic rings. The van der Waals surface area contributed by atoms with Gasteiger partial charge in [0.15, 0.2) is 5.82 Å². The number of rotatable bonds is 4. The quantitative estimate of drug-likeness (QED) is 0.473. The highest BCUT2D eigenvalue weighted by Gasteiger charge is 2.49.